The second-order valence-electron chi connectivity index (χ2n) is 6.18. The molecule has 2 heterocycles. The van der Waals surface area contributed by atoms with Crippen molar-refractivity contribution < 1.29 is 19.7 Å². The molecule has 0 spiro atoms. The van der Waals surface area contributed by atoms with E-state index in [-0.39, 0.29) is 12.1 Å². The van der Waals surface area contributed by atoms with E-state index in [4.69, 9.17) is 9.47 Å². The van der Waals surface area contributed by atoms with Crippen molar-refractivity contribution in [2.24, 2.45) is 9.98 Å². The van der Waals surface area contributed by atoms with E-state index in [1.54, 1.807) is 27.7 Å². The van der Waals surface area contributed by atoms with Gasteiger partial charge >= 0.3 is 0 Å². The second-order valence-corrected chi connectivity index (χ2v) is 6.18. The normalized spacial score (nSPS) is 27.7. The first kappa shape index (κ1) is 14.3. The summed E-state index contributed by atoms with van der Waals surface area (Å²) in [6, 6.07) is -0.510. The van der Waals surface area contributed by atoms with Crippen LogP contribution in [0.1, 0.15) is 34.1 Å². The maximum atomic E-state index is 9.86. The summed E-state index contributed by atoms with van der Waals surface area (Å²) in [5.41, 5.74) is -1.79. The predicted octanol–water partition coefficient (Wildman–Crippen LogP) is 0.513. The molecule has 0 unspecified atom stereocenters. The molecule has 6 heteroatoms. The molecule has 108 valence electrons. The first-order chi connectivity index (χ1) is 8.66. The van der Waals surface area contributed by atoms with Gasteiger partial charge in [0.05, 0.1) is 17.6 Å². The van der Waals surface area contributed by atoms with Gasteiger partial charge < -0.3 is 19.7 Å². The van der Waals surface area contributed by atoms with E-state index in [1.807, 2.05) is 0 Å². The Morgan fingerprint density at radius 3 is 1.58 bits per heavy atom. The largest absolute Gasteiger partial charge is 0.478 e. The Labute approximate surface area is 113 Å². The molecule has 0 bridgehead atoms. The molecule has 2 rings (SSSR count). The van der Waals surface area contributed by atoms with Crippen LogP contribution in [0.15, 0.2) is 9.98 Å². The highest BCUT2D eigenvalue weighted by atomic mass is 16.5. The lowest BCUT2D eigenvalue weighted by Gasteiger charge is -2.20. The molecule has 0 fully saturated rings. The molecule has 2 aliphatic rings. The summed E-state index contributed by atoms with van der Waals surface area (Å²) in [5.74, 6) is 1.06. The molecule has 6 nitrogen and oxygen atoms in total. The number of ether oxygens (including phenoxy) is 2. The average molecular weight is 270 g/mol. The number of aliphatic hydroxyl groups is 2. The summed E-state index contributed by atoms with van der Waals surface area (Å²) in [6.45, 7) is 7.59. The fourth-order valence-electron chi connectivity index (χ4n) is 1.89. The van der Waals surface area contributed by atoms with Gasteiger partial charge in [-0.05, 0) is 27.7 Å². The van der Waals surface area contributed by atoms with E-state index in [0.717, 1.165) is 0 Å². The average Bonchev–Trinajstić information content (AvgIpc) is 2.84. The predicted molar refractivity (Wildman–Crippen MR) is 71.6 cm³/mol. The van der Waals surface area contributed by atoms with Crippen molar-refractivity contribution in [3.8, 4) is 0 Å². The number of hydrogen-bond acceptors (Lipinski definition) is 6. The van der Waals surface area contributed by atoms with Crippen LogP contribution in [-0.4, -0.2) is 58.5 Å². The van der Waals surface area contributed by atoms with E-state index in [1.165, 1.54) is 0 Å². The molecule has 0 aromatic rings. The van der Waals surface area contributed by atoms with Crippen LogP contribution in [-0.2, 0) is 9.47 Å². The van der Waals surface area contributed by atoms with E-state index >= 15 is 0 Å². The fraction of sp³-hybridized carbons (Fsp3) is 0.846. The van der Waals surface area contributed by atoms with Gasteiger partial charge in [-0.15, -0.1) is 0 Å². The number of nitrogens with zero attached hydrogens (tertiary/aromatic N) is 2. The van der Waals surface area contributed by atoms with Crippen molar-refractivity contribution in [1.82, 2.24) is 0 Å². The summed E-state index contributed by atoms with van der Waals surface area (Å²) in [6.07, 6.45) is 0.374. The van der Waals surface area contributed by atoms with E-state index in [0.29, 0.717) is 31.4 Å². The minimum absolute atomic E-state index is 0.255. The van der Waals surface area contributed by atoms with Gasteiger partial charge in [-0.1, -0.05) is 0 Å². The Hall–Kier alpha value is -1.14. The monoisotopic (exact) mass is 270 g/mol. The molecule has 0 radical (unpaired) electrons. The Morgan fingerprint density at radius 1 is 0.947 bits per heavy atom. The van der Waals surface area contributed by atoms with Gasteiger partial charge in [0.2, 0.25) is 0 Å². The minimum Gasteiger partial charge on any atom is -0.478 e. The minimum atomic E-state index is -0.893. The van der Waals surface area contributed by atoms with Crippen molar-refractivity contribution in [2.45, 2.75) is 57.4 Å². The van der Waals surface area contributed by atoms with Gasteiger partial charge in [0.15, 0.2) is 11.8 Å². The van der Waals surface area contributed by atoms with Gasteiger partial charge in [-0.25, -0.2) is 9.98 Å². The summed E-state index contributed by atoms with van der Waals surface area (Å²) in [4.78, 5) is 8.66. The van der Waals surface area contributed by atoms with Crippen LogP contribution >= 0.6 is 0 Å². The van der Waals surface area contributed by atoms with Gasteiger partial charge in [0.1, 0.15) is 25.3 Å². The molecule has 0 saturated carbocycles. The lowest BCUT2D eigenvalue weighted by atomic mass is 10.0. The summed E-state index contributed by atoms with van der Waals surface area (Å²) in [5, 5.41) is 19.7. The third-order valence-electron chi connectivity index (χ3n) is 3.35. The molecule has 0 saturated heterocycles. The molecule has 0 aromatic heterocycles. The quantitative estimate of drug-likeness (QED) is 0.779. The van der Waals surface area contributed by atoms with E-state index < -0.39 is 11.2 Å². The fourth-order valence-corrected chi connectivity index (χ4v) is 1.89. The lowest BCUT2D eigenvalue weighted by Crippen LogP contribution is -2.35. The van der Waals surface area contributed by atoms with Gasteiger partial charge in [0.25, 0.3) is 0 Å². The number of aliphatic imine (C=N–C) groups is 2. The first-order valence-electron chi connectivity index (χ1n) is 6.50. The van der Waals surface area contributed by atoms with Gasteiger partial charge in [-0.2, -0.15) is 0 Å². The molecular weight excluding hydrogens is 248 g/mol. The maximum absolute atomic E-state index is 9.86. The van der Waals surface area contributed by atoms with E-state index in [9.17, 15) is 10.2 Å². The highest BCUT2D eigenvalue weighted by Crippen LogP contribution is 2.22. The molecule has 0 aliphatic carbocycles. The van der Waals surface area contributed by atoms with Crippen molar-refractivity contribution in [3.63, 3.8) is 0 Å². The molecule has 0 aromatic carbocycles. The summed E-state index contributed by atoms with van der Waals surface area (Å²) >= 11 is 0. The second kappa shape index (κ2) is 4.76. The van der Waals surface area contributed by atoms with Crippen LogP contribution < -0.4 is 0 Å². The van der Waals surface area contributed by atoms with Crippen LogP contribution in [0.3, 0.4) is 0 Å². The molecule has 0 amide bonds. The van der Waals surface area contributed by atoms with Crippen LogP contribution in [0.25, 0.3) is 0 Å². The molecule has 2 aliphatic heterocycles. The summed E-state index contributed by atoms with van der Waals surface area (Å²) in [7, 11) is 0. The topological polar surface area (TPSA) is 83.6 Å². The molecular formula is C13H22N2O4. The lowest BCUT2D eigenvalue weighted by molar-refractivity contribution is 0.0433. The van der Waals surface area contributed by atoms with Crippen molar-refractivity contribution >= 4 is 11.8 Å². The zero-order valence-corrected chi connectivity index (χ0v) is 11.9. The zero-order valence-electron chi connectivity index (χ0n) is 11.9. The standard InChI is InChI=1S/C13H22N2O4/c1-12(2,16)8-6-18-10(14-8)5-11-15-9(7-19-11)13(3,4)17/h8-9,16-17H,5-7H2,1-4H3/t8-,9-/m1/s1. The van der Waals surface area contributed by atoms with Gasteiger partial charge in [0, 0.05) is 0 Å². The molecule has 2 atom stereocenters. The van der Waals surface area contributed by atoms with Crippen LogP contribution in [0, 0.1) is 0 Å². The third-order valence-corrected chi connectivity index (χ3v) is 3.35. The maximum Gasteiger partial charge on any atom is 0.193 e. The van der Waals surface area contributed by atoms with Crippen molar-refractivity contribution in [3.05, 3.63) is 0 Å². The van der Waals surface area contributed by atoms with Gasteiger partial charge in [-0.3, -0.25) is 0 Å². The zero-order chi connectivity index (χ0) is 14.3. The molecule has 2 N–H and O–H groups in total. The first-order valence-corrected chi connectivity index (χ1v) is 6.50. The number of rotatable bonds is 4. The van der Waals surface area contributed by atoms with Crippen molar-refractivity contribution in [2.75, 3.05) is 13.2 Å². The van der Waals surface area contributed by atoms with E-state index in [2.05, 4.69) is 9.98 Å². The Morgan fingerprint density at radius 2 is 1.32 bits per heavy atom. The Balaban J connectivity index is 1.97. The third kappa shape index (κ3) is 3.45. The smallest absolute Gasteiger partial charge is 0.193 e. The summed E-state index contributed by atoms with van der Waals surface area (Å²) < 4.78 is 10.9. The molecule has 19 heavy (non-hydrogen) atoms. The van der Waals surface area contributed by atoms with Crippen molar-refractivity contribution in [1.29, 1.82) is 0 Å². The van der Waals surface area contributed by atoms with Crippen LogP contribution in [0.4, 0.5) is 0 Å². The highest BCUT2D eigenvalue weighted by molar-refractivity contribution is 5.98. The Kier molecular flexibility index (Phi) is 3.57. The SMILES string of the molecule is CC(C)(O)[C@H]1COC(CC2=N[C@@H](C(C)(C)O)CO2)=N1. The Bertz CT molecular complexity index is 366. The number of hydrogen-bond donors (Lipinski definition) is 2. The highest BCUT2D eigenvalue weighted by Gasteiger charge is 2.35. The van der Waals surface area contributed by atoms with Crippen LogP contribution in [0.2, 0.25) is 0 Å². The van der Waals surface area contributed by atoms with Crippen LogP contribution in [0.5, 0.6) is 0 Å².